The van der Waals surface area contributed by atoms with Crippen molar-refractivity contribution in [2.75, 3.05) is 12.3 Å². The number of nitrogens with one attached hydrogen (secondary N) is 1. The van der Waals surface area contributed by atoms with E-state index in [4.69, 9.17) is 11.6 Å². The summed E-state index contributed by atoms with van der Waals surface area (Å²) in [4.78, 5) is 11.8. The number of alkyl halides is 2. The standard InChI is InChI=1S/C19H18ClF2NO2S/c20-16-6-1-15(2-7-16)13-26-12-11-23-18(24)10-5-14-3-8-17(9-4-14)25-19(21)22/h1-10,19H,11-13H2,(H,23,24)/b10-5+. The molecule has 1 amide bonds. The molecule has 1 N–H and O–H groups in total. The van der Waals surface area contributed by atoms with Gasteiger partial charge in [-0.1, -0.05) is 35.9 Å². The van der Waals surface area contributed by atoms with E-state index in [9.17, 15) is 13.6 Å². The lowest BCUT2D eigenvalue weighted by Crippen LogP contribution is -2.23. The van der Waals surface area contributed by atoms with Crippen LogP contribution in [0.3, 0.4) is 0 Å². The first-order chi connectivity index (χ1) is 12.5. The number of halogens is 3. The van der Waals surface area contributed by atoms with E-state index < -0.39 is 6.61 Å². The maximum Gasteiger partial charge on any atom is 0.387 e. The summed E-state index contributed by atoms with van der Waals surface area (Å²) >= 11 is 7.55. The molecule has 0 unspecified atom stereocenters. The second-order valence-corrected chi connectivity index (χ2v) is 6.79. The normalized spacial score (nSPS) is 11.1. The molecule has 0 aliphatic rings. The van der Waals surface area contributed by atoms with Crippen LogP contribution in [0.2, 0.25) is 5.02 Å². The fraction of sp³-hybridized carbons (Fsp3) is 0.211. The highest BCUT2D eigenvalue weighted by molar-refractivity contribution is 7.98. The van der Waals surface area contributed by atoms with Crippen LogP contribution in [0.1, 0.15) is 11.1 Å². The van der Waals surface area contributed by atoms with Crippen LogP contribution in [0, 0.1) is 0 Å². The van der Waals surface area contributed by atoms with E-state index in [0.29, 0.717) is 11.6 Å². The van der Waals surface area contributed by atoms with Crippen LogP contribution < -0.4 is 10.1 Å². The molecule has 0 aliphatic carbocycles. The van der Waals surface area contributed by atoms with Gasteiger partial charge in [0.15, 0.2) is 0 Å². The summed E-state index contributed by atoms with van der Waals surface area (Å²) in [5.74, 6) is 1.53. The van der Waals surface area contributed by atoms with Crippen LogP contribution in [0.25, 0.3) is 6.08 Å². The Kier molecular flexibility index (Phi) is 8.44. The molecule has 2 aromatic carbocycles. The zero-order chi connectivity index (χ0) is 18.8. The minimum Gasteiger partial charge on any atom is -0.435 e. The fourth-order valence-electron chi connectivity index (χ4n) is 2.01. The maximum absolute atomic E-state index is 12.1. The van der Waals surface area contributed by atoms with Crippen molar-refractivity contribution in [3.05, 3.63) is 70.8 Å². The van der Waals surface area contributed by atoms with E-state index in [1.54, 1.807) is 30.0 Å². The van der Waals surface area contributed by atoms with Gasteiger partial charge in [-0.15, -0.1) is 0 Å². The molecule has 7 heteroatoms. The second kappa shape index (κ2) is 10.8. The van der Waals surface area contributed by atoms with Gasteiger partial charge in [0.1, 0.15) is 5.75 Å². The fourth-order valence-corrected chi connectivity index (χ4v) is 2.95. The Morgan fingerprint density at radius 1 is 1.15 bits per heavy atom. The first-order valence-corrected chi connectivity index (χ1v) is 9.39. The van der Waals surface area contributed by atoms with Gasteiger partial charge in [0.2, 0.25) is 5.91 Å². The highest BCUT2D eigenvalue weighted by Gasteiger charge is 2.03. The van der Waals surface area contributed by atoms with E-state index in [2.05, 4.69) is 10.1 Å². The van der Waals surface area contributed by atoms with Crippen molar-refractivity contribution in [1.29, 1.82) is 0 Å². The number of ether oxygens (including phenoxy) is 1. The molecule has 0 atom stereocenters. The number of rotatable bonds is 9. The highest BCUT2D eigenvalue weighted by Crippen LogP contribution is 2.16. The molecule has 0 spiro atoms. The van der Waals surface area contributed by atoms with Crippen LogP contribution in [0.4, 0.5) is 8.78 Å². The lowest BCUT2D eigenvalue weighted by atomic mass is 10.2. The number of thioether (sulfide) groups is 1. The topological polar surface area (TPSA) is 38.3 Å². The molecule has 3 nitrogen and oxygen atoms in total. The van der Waals surface area contributed by atoms with Gasteiger partial charge in [0.05, 0.1) is 0 Å². The average Bonchev–Trinajstić information content (AvgIpc) is 2.62. The molecule has 0 aliphatic heterocycles. The van der Waals surface area contributed by atoms with Gasteiger partial charge in [0, 0.05) is 29.1 Å². The Hall–Kier alpha value is -2.05. The zero-order valence-electron chi connectivity index (χ0n) is 13.8. The lowest BCUT2D eigenvalue weighted by Gasteiger charge is -2.04. The molecule has 0 radical (unpaired) electrons. The van der Waals surface area contributed by atoms with Crippen LogP contribution >= 0.6 is 23.4 Å². The number of hydrogen-bond donors (Lipinski definition) is 1. The maximum atomic E-state index is 12.1. The summed E-state index contributed by atoms with van der Waals surface area (Å²) in [5, 5.41) is 3.51. The SMILES string of the molecule is O=C(/C=C/c1ccc(OC(F)F)cc1)NCCSCc1ccc(Cl)cc1. The van der Waals surface area contributed by atoms with Gasteiger partial charge in [-0.2, -0.15) is 20.5 Å². The van der Waals surface area contributed by atoms with Gasteiger partial charge in [-0.05, 0) is 41.5 Å². The molecular weight excluding hydrogens is 380 g/mol. The smallest absolute Gasteiger partial charge is 0.387 e. The second-order valence-electron chi connectivity index (χ2n) is 5.25. The van der Waals surface area contributed by atoms with Crippen LogP contribution in [-0.4, -0.2) is 24.8 Å². The zero-order valence-corrected chi connectivity index (χ0v) is 15.4. The van der Waals surface area contributed by atoms with Crippen molar-refractivity contribution in [3.63, 3.8) is 0 Å². The first kappa shape index (κ1) is 20.3. The molecule has 2 rings (SSSR count). The lowest BCUT2D eigenvalue weighted by molar-refractivity contribution is -0.116. The molecule has 2 aromatic rings. The molecule has 0 bridgehead atoms. The van der Waals surface area contributed by atoms with Gasteiger partial charge in [-0.3, -0.25) is 4.79 Å². The van der Waals surface area contributed by atoms with Gasteiger partial charge < -0.3 is 10.1 Å². The van der Waals surface area contributed by atoms with Crippen molar-refractivity contribution in [3.8, 4) is 5.75 Å². The predicted molar refractivity (Wildman–Crippen MR) is 103 cm³/mol. The summed E-state index contributed by atoms with van der Waals surface area (Å²) in [5.41, 5.74) is 1.91. The Labute approximate surface area is 160 Å². The number of carbonyl (C=O) groups is 1. The third-order valence-electron chi connectivity index (χ3n) is 3.26. The van der Waals surface area contributed by atoms with Crippen LogP contribution in [-0.2, 0) is 10.5 Å². The Morgan fingerprint density at radius 3 is 2.50 bits per heavy atom. The number of amides is 1. The van der Waals surface area contributed by atoms with Crippen molar-refractivity contribution in [2.24, 2.45) is 0 Å². The van der Waals surface area contributed by atoms with E-state index in [1.807, 2.05) is 24.3 Å². The number of carbonyl (C=O) groups excluding carboxylic acids is 1. The third-order valence-corrected chi connectivity index (χ3v) is 4.54. The molecule has 0 heterocycles. The van der Waals surface area contributed by atoms with Crippen molar-refractivity contribution in [1.82, 2.24) is 5.32 Å². The van der Waals surface area contributed by atoms with E-state index >= 15 is 0 Å². The molecular formula is C19H18ClF2NO2S. The summed E-state index contributed by atoms with van der Waals surface area (Å²) in [7, 11) is 0. The monoisotopic (exact) mass is 397 g/mol. The molecule has 0 aromatic heterocycles. The minimum atomic E-state index is -2.85. The van der Waals surface area contributed by atoms with Crippen molar-refractivity contribution >= 4 is 35.3 Å². The first-order valence-electron chi connectivity index (χ1n) is 7.86. The van der Waals surface area contributed by atoms with E-state index in [0.717, 1.165) is 17.1 Å². The molecule has 26 heavy (non-hydrogen) atoms. The van der Waals surface area contributed by atoms with E-state index in [1.165, 1.54) is 23.8 Å². The summed E-state index contributed by atoms with van der Waals surface area (Å²) in [6.45, 7) is -2.29. The van der Waals surface area contributed by atoms with E-state index in [-0.39, 0.29) is 11.7 Å². The quantitative estimate of drug-likeness (QED) is 0.477. The number of hydrogen-bond acceptors (Lipinski definition) is 3. The molecule has 0 saturated heterocycles. The van der Waals surface area contributed by atoms with Crippen molar-refractivity contribution < 1.29 is 18.3 Å². The van der Waals surface area contributed by atoms with Crippen molar-refractivity contribution in [2.45, 2.75) is 12.4 Å². The predicted octanol–water partition coefficient (Wildman–Crippen LogP) is 5.00. The molecule has 138 valence electrons. The van der Waals surface area contributed by atoms with Gasteiger partial charge >= 0.3 is 6.61 Å². The third kappa shape index (κ3) is 7.89. The van der Waals surface area contributed by atoms with Gasteiger partial charge in [0.25, 0.3) is 0 Å². The summed E-state index contributed by atoms with van der Waals surface area (Å²) in [6.07, 6.45) is 3.02. The Balaban J connectivity index is 1.64. The average molecular weight is 398 g/mol. The van der Waals surface area contributed by atoms with Gasteiger partial charge in [-0.25, -0.2) is 0 Å². The summed E-state index contributed by atoms with van der Waals surface area (Å²) in [6, 6.07) is 13.7. The molecule has 0 fully saturated rings. The molecule has 0 saturated carbocycles. The van der Waals surface area contributed by atoms with Crippen LogP contribution in [0.15, 0.2) is 54.6 Å². The number of benzene rings is 2. The highest BCUT2D eigenvalue weighted by atomic mass is 35.5. The van der Waals surface area contributed by atoms with Crippen LogP contribution in [0.5, 0.6) is 5.75 Å². The Bertz CT molecular complexity index is 721. The Morgan fingerprint density at radius 2 is 1.85 bits per heavy atom. The summed E-state index contributed by atoms with van der Waals surface area (Å²) < 4.78 is 28.4. The largest absolute Gasteiger partial charge is 0.435 e. The minimum absolute atomic E-state index is 0.0827.